The maximum atomic E-state index is 7.24. The fraction of sp³-hybridized carbons (Fsp3) is 0.333. The maximum Gasteiger partial charge on any atom is 0.204 e. The van der Waals surface area contributed by atoms with Crippen LogP contribution >= 0.6 is 0 Å². The molecule has 0 aliphatic carbocycles. The Morgan fingerprint density at radius 2 is 1.26 bits per heavy atom. The van der Waals surface area contributed by atoms with Crippen LogP contribution in [-0.2, 0) is 32.3 Å². The normalized spacial score (nSPS) is 18.0. The van der Waals surface area contributed by atoms with E-state index in [-0.39, 0.29) is 12.1 Å². The van der Waals surface area contributed by atoms with Crippen LogP contribution in [0.15, 0.2) is 84.9 Å². The van der Waals surface area contributed by atoms with Gasteiger partial charge in [-0.05, 0) is 128 Å². The van der Waals surface area contributed by atoms with Crippen molar-refractivity contribution < 1.29 is 33.2 Å². The molecule has 54 heavy (non-hydrogen) atoms. The Morgan fingerprint density at radius 3 is 1.98 bits per heavy atom. The fourth-order valence-corrected chi connectivity index (χ4v) is 8.10. The minimum absolute atomic E-state index is 0.0556. The molecule has 0 saturated carbocycles. The molecule has 0 N–H and O–H groups in total. The molecule has 280 valence electrons. The summed E-state index contributed by atoms with van der Waals surface area (Å²) in [6, 6.07) is 29.1. The van der Waals surface area contributed by atoms with Crippen LogP contribution in [0.1, 0.15) is 51.0 Å². The van der Waals surface area contributed by atoms with E-state index in [0.717, 1.165) is 66.1 Å². The Morgan fingerprint density at radius 1 is 0.611 bits per heavy atom. The zero-order chi connectivity index (χ0) is 37.3. The molecule has 9 rings (SSSR count). The Kier molecular flexibility index (Phi) is 10.0. The molecule has 0 unspecified atom stereocenters. The zero-order valence-electron chi connectivity index (χ0n) is 31.9. The number of fused-ring (bicyclic) bond motifs is 2. The molecule has 0 saturated heterocycles. The van der Waals surface area contributed by atoms with Gasteiger partial charge in [-0.1, -0.05) is 30.3 Å². The van der Waals surface area contributed by atoms with Crippen LogP contribution in [0.3, 0.4) is 0 Å². The van der Waals surface area contributed by atoms with Crippen LogP contribution < -0.4 is 33.2 Å². The summed E-state index contributed by atoms with van der Waals surface area (Å²) in [5.41, 5.74) is 8.04. The van der Waals surface area contributed by atoms with Gasteiger partial charge < -0.3 is 33.2 Å². The minimum Gasteiger partial charge on any atom is -0.497 e. The molecule has 0 aromatic heterocycles. The number of hydrogen-bond acceptors (Lipinski definition) is 9. The van der Waals surface area contributed by atoms with E-state index in [1.165, 1.54) is 16.7 Å². The lowest BCUT2D eigenvalue weighted by Crippen LogP contribution is -2.34. The molecule has 4 aliphatic heterocycles. The Labute approximate surface area is 317 Å². The molecular weight excluding hydrogens is 681 g/mol. The second-order valence-electron chi connectivity index (χ2n) is 14.4. The zero-order valence-corrected chi connectivity index (χ0v) is 31.9. The van der Waals surface area contributed by atoms with E-state index in [1.807, 2.05) is 30.3 Å². The Hall–Kier alpha value is -5.38. The summed E-state index contributed by atoms with van der Waals surface area (Å²) in [5.74, 6) is 6.05. The predicted molar refractivity (Wildman–Crippen MR) is 208 cm³/mol. The van der Waals surface area contributed by atoms with Crippen LogP contribution in [0.25, 0.3) is 0 Å². The summed E-state index contributed by atoms with van der Waals surface area (Å²) in [6.07, 6.45) is 3.27. The number of benzene rings is 5. The molecule has 5 aromatic carbocycles. The molecule has 9 heteroatoms. The van der Waals surface area contributed by atoms with Gasteiger partial charge in [-0.25, -0.2) is 0 Å². The average Bonchev–Trinajstić information content (AvgIpc) is 3.20. The first kappa shape index (κ1) is 35.6. The van der Waals surface area contributed by atoms with E-state index in [4.69, 9.17) is 33.2 Å². The van der Waals surface area contributed by atoms with Crippen LogP contribution in [0.2, 0.25) is 0 Å². The molecule has 9 nitrogen and oxygen atoms in total. The van der Waals surface area contributed by atoms with Gasteiger partial charge in [0.15, 0.2) is 34.5 Å². The van der Waals surface area contributed by atoms with E-state index >= 15 is 0 Å². The molecule has 4 heterocycles. The number of methoxy groups -OCH3 is 4. The van der Waals surface area contributed by atoms with E-state index in [9.17, 15) is 0 Å². The summed E-state index contributed by atoms with van der Waals surface area (Å²) in [5, 5.41) is 0. The summed E-state index contributed by atoms with van der Waals surface area (Å²) in [6.45, 7) is 2.12. The van der Waals surface area contributed by atoms with Gasteiger partial charge in [0.1, 0.15) is 18.1 Å². The van der Waals surface area contributed by atoms with Crippen LogP contribution in [0, 0.1) is 0 Å². The van der Waals surface area contributed by atoms with Gasteiger partial charge in [-0.3, -0.25) is 9.80 Å². The van der Waals surface area contributed by atoms with E-state index in [1.54, 1.807) is 28.4 Å². The van der Waals surface area contributed by atoms with Gasteiger partial charge in [0.2, 0.25) is 5.75 Å². The molecule has 0 radical (unpaired) electrons. The van der Waals surface area contributed by atoms with Crippen LogP contribution in [0.4, 0.5) is 0 Å². The number of likely N-dealkylation sites (N-methyl/N-ethyl adjacent to an activating group) is 2. The Bertz CT molecular complexity index is 2130. The lowest BCUT2D eigenvalue weighted by molar-refractivity contribution is 0.216. The molecule has 6 bridgehead atoms. The number of rotatable bonds is 7. The van der Waals surface area contributed by atoms with Crippen molar-refractivity contribution in [3.8, 4) is 51.7 Å². The van der Waals surface area contributed by atoms with Crippen molar-refractivity contribution in [1.29, 1.82) is 0 Å². The van der Waals surface area contributed by atoms with Gasteiger partial charge in [-0.15, -0.1) is 0 Å². The van der Waals surface area contributed by atoms with Gasteiger partial charge >= 0.3 is 0 Å². The van der Waals surface area contributed by atoms with Crippen molar-refractivity contribution >= 4 is 0 Å². The van der Waals surface area contributed by atoms with Crippen molar-refractivity contribution in [3.05, 3.63) is 124 Å². The predicted octanol–water partition coefficient (Wildman–Crippen LogP) is 8.74. The molecule has 0 spiro atoms. The molecule has 0 fully saturated rings. The lowest BCUT2D eigenvalue weighted by atomic mass is 9.87. The third kappa shape index (κ3) is 6.90. The average molecular weight is 729 g/mol. The molecule has 0 amide bonds. The van der Waals surface area contributed by atoms with Crippen molar-refractivity contribution in [1.82, 2.24) is 9.80 Å². The lowest BCUT2D eigenvalue weighted by Gasteiger charge is -2.37. The van der Waals surface area contributed by atoms with Gasteiger partial charge in [0, 0.05) is 30.7 Å². The number of ether oxygens (including phenoxy) is 7. The first-order valence-electron chi connectivity index (χ1n) is 18.6. The second-order valence-corrected chi connectivity index (χ2v) is 14.4. The number of hydrogen-bond donors (Lipinski definition) is 0. The third-order valence-corrected chi connectivity index (χ3v) is 11.2. The smallest absolute Gasteiger partial charge is 0.204 e. The monoisotopic (exact) mass is 728 g/mol. The SMILES string of the molecule is COc1ccc(COc2c(OC)cc3c4c2Oc2cc5c(cc2OC)CCN(C)[C@H]5Cc2ccc(cc2)Oc2cc(ccc2OC)C[C@@H]4N(C)CC3)cc1. The molecule has 4 aliphatic rings. The highest BCUT2D eigenvalue weighted by atomic mass is 16.6. The largest absolute Gasteiger partial charge is 0.497 e. The molecule has 2 atom stereocenters. The topological polar surface area (TPSA) is 71.1 Å². The quantitative estimate of drug-likeness (QED) is 0.164. The minimum atomic E-state index is -0.0556. The molecule has 5 aromatic rings. The highest BCUT2D eigenvalue weighted by Crippen LogP contribution is 2.52. The first-order valence-corrected chi connectivity index (χ1v) is 18.6. The maximum absolute atomic E-state index is 7.24. The second kappa shape index (κ2) is 15.2. The third-order valence-electron chi connectivity index (χ3n) is 11.2. The van der Waals surface area contributed by atoms with Gasteiger partial charge in [0.05, 0.1) is 28.4 Å². The Balaban J connectivity index is 1.33. The van der Waals surface area contributed by atoms with Gasteiger partial charge in [0.25, 0.3) is 0 Å². The highest BCUT2D eigenvalue weighted by Gasteiger charge is 2.35. The molecular formula is C45H48N2O7. The first-order chi connectivity index (χ1) is 26.3. The van der Waals surface area contributed by atoms with Gasteiger partial charge in [-0.2, -0.15) is 0 Å². The summed E-state index contributed by atoms with van der Waals surface area (Å²) >= 11 is 0. The standard InChI is InChI=1S/C45H48N2O7/c1-46-19-17-31-24-39(50-5)41-26-35(31)36(46)21-28-7-14-34(15-8-28)53-40-23-30(11-16-38(40)49-4)22-37-43-32(18-20-47(37)2)25-42(51-6)44(45(43)54-41)52-27-29-9-12-33(48-3)13-10-29/h7-16,23-26,36-37H,17-22,27H2,1-6H3/t36-,37-/m0/s1. The van der Waals surface area contributed by atoms with Crippen molar-refractivity contribution in [3.63, 3.8) is 0 Å². The fourth-order valence-electron chi connectivity index (χ4n) is 8.10. The van der Waals surface area contributed by atoms with Crippen LogP contribution in [0.5, 0.6) is 51.7 Å². The summed E-state index contributed by atoms with van der Waals surface area (Å²) in [4.78, 5) is 4.82. The van der Waals surface area contributed by atoms with E-state index in [2.05, 4.69) is 78.5 Å². The van der Waals surface area contributed by atoms with Crippen molar-refractivity contribution in [2.75, 3.05) is 55.6 Å². The van der Waals surface area contributed by atoms with Crippen molar-refractivity contribution in [2.24, 2.45) is 0 Å². The highest BCUT2D eigenvalue weighted by molar-refractivity contribution is 5.64. The van der Waals surface area contributed by atoms with Crippen LogP contribution in [-0.4, -0.2) is 65.4 Å². The van der Waals surface area contributed by atoms with Crippen molar-refractivity contribution in [2.45, 2.75) is 44.4 Å². The summed E-state index contributed by atoms with van der Waals surface area (Å²) in [7, 11) is 11.1. The summed E-state index contributed by atoms with van der Waals surface area (Å²) < 4.78 is 43.9. The number of nitrogens with zero attached hydrogens (tertiary/aromatic N) is 2. The van der Waals surface area contributed by atoms with E-state index in [0.29, 0.717) is 53.3 Å². The van der Waals surface area contributed by atoms with E-state index < -0.39 is 0 Å².